The van der Waals surface area contributed by atoms with Crippen LogP contribution in [0.2, 0.25) is 0 Å². The smallest absolute Gasteiger partial charge is 0.200 e. The van der Waals surface area contributed by atoms with Gasteiger partial charge in [0.1, 0.15) is 0 Å². The predicted octanol–water partition coefficient (Wildman–Crippen LogP) is 4.18. The molecule has 1 aliphatic rings. The maximum atomic E-state index is 10.0. The second-order valence-electron chi connectivity index (χ2n) is 6.01. The number of phenols is 2. The van der Waals surface area contributed by atoms with E-state index < -0.39 is 0 Å². The predicted molar refractivity (Wildman–Crippen MR) is 75.9 cm³/mol. The zero-order valence-electron chi connectivity index (χ0n) is 12.0. The molecule has 2 N–H and O–H groups in total. The Morgan fingerprint density at radius 2 is 1.74 bits per heavy atom. The number of aromatic hydroxyl groups is 2. The number of phenolic OH excluding ortho intramolecular Hbond substituents is 2. The highest BCUT2D eigenvalue weighted by Crippen LogP contribution is 2.42. The minimum atomic E-state index is -0.121. The van der Waals surface area contributed by atoms with Gasteiger partial charge in [-0.2, -0.15) is 0 Å². The van der Waals surface area contributed by atoms with Gasteiger partial charge in [-0.3, -0.25) is 0 Å². The van der Waals surface area contributed by atoms with Crippen LogP contribution in [-0.4, -0.2) is 16.3 Å². The highest BCUT2D eigenvalue weighted by Gasteiger charge is 2.23. The van der Waals surface area contributed by atoms with Crippen molar-refractivity contribution in [2.24, 2.45) is 5.92 Å². The molecule has 0 aliphatic heterocycles. The van der Waals surface area contributed by atoms with Crippen LogP contribution in [0.4, 0.5) is 0 Å². The molecule has 0 atom stereocenters. The molecule has 0 spiro atoms. The van der Waals surface area contributed by atoms with Gasteiger partial charge in [-0.15, -0.1) is 0 Å². The second kappa shape index (κ2) is 5.72. The van der Waals surface area contributed by atoms with Gasteiger partial charge in [-0.1, -0.05) is 26.8 Å². The Morgan fingerprint density at radius 1 is 1.11 bits per heavy atom. The molecule has 0 bridgehead atoms. The molecule has 1 fully saturated rings. The summed E-state index contributed by atoms with van der Waals surface area (Å²) in [5, 5.41) is 19.7. The van der Waals surface area contributed by atoms with Gasteiger partial charge in [0.25, 0.3) is 0 Å². The normalized spacial score (nSPS) is 23.6. The highest BCUT2D eigenvalue weighted by atomic mass is 16.5. The Hall–Kier alpha value is -1.38. The van der Waals surface area contributed by atoms with Gasteiger partial charge < -0.3 is 14.9 Å². The van der Waals surface area contributed by atoms with Gasteiger partial charge in [0, 0.05) is 5.56 Å². The Labute approximate surface area is 115 Å². The average molecular weight is 264 g/mol. The summed E-state index contributed by atoms with van der Waals surface area (Å²) in [5.74, 6) is 1.26. The average Bonchev–Trinajstić information content (AvgIpc) is 2.37. The van der Waals surface area contributed by atoms with Gasteiger partial charge in [0.05, 0.1) is 6.10 Å². The lowest BCUT2D eigenvalue weighted by Crippen LogP contribution is -2.23. The molecular formula is C16H24O3. The molecule has 0 aromatic heterocycles. The van der Waals surface area contributed by atoms with E-state index in [1.165, 1.54) is 18.9 Å². The summed E-state index contributed by atoms with van der Waals surface area (Å²) < 4.78 is 6.00. The lowest BCUT2D eigenvalue weighted by atomic mass is 9.89. The first-order valence-corrected chi connectivity index (χ1v) is 7.20. The molecule has 0 saturated heterocycles. The molecule has 0 heterocycles. The van der Waals surface area contributed by atoms with Crippen LogP contribution in [-0.2, 0) is 0 Å². The summed E-state index contributed by atoms with van der Waals surface area (Å²) in [6.07, 6.45) is 4.53. The van der Waals surface area contributed by atoms with Crippen LogP contribution >= 0.6 is 0 Å². The van der Waals surface area contributed by atoms with Crippen LogP contribution in [0.5, 0.6) is 17.2 Å². The summed E-state index contributed by atoms with van der Waals surface area (Å²) in [6.45, 7) is 6.38. The van der Waals surface area contributed by atoms with Crippen LogP contribution in [0.3, 0.4) is 0 Å². The third kappa shape index (κ3) is 3.14. The molecule has 1 saturated carbocycles. The van der Waals surface area contributed by atoms with E-state index >= 15 is 0 Å². The number of rotatable bonds is 3. The molecule has 3 heteroatoms. The van der Waals surface area contributed by atoms with E-state index in [1.807, 2.05) is 6.07 Å². The summed E-state index contributed by atoms with van der Waals surface area (Å²) in [7, 11) is 0. The minimum absolute atomic E-state index is 0.108. The van der Waals surface area contributed by atoms with E-state index in [0.717, 1.165) is 24.3 Å². The topological polar surface area (TPSA) is 49.7 Å². The minimum Gasteiger partial charge on any atom is -0.504 e. The fraction of sp³-hybridized carbons (Fsp3) is 0.625. The molecule has 106 valence electrons. The van der Waals surface area contributed by atoms with Crippen molar-refractivity contribution in [3.05, 3.63) is 17.7 Å². The summed E-state index contributed by atoms with van der Waals surface area (Å²) in [5.41, 5.74) is 0.953. The van der Waals surface area contributed by atoms with E-state index in [0.29, 0.717) is 5.75 Å². The van der Waals surface area contributed by atoms with E-state index in [4.69, 9.17) is 4.74 Å². The van der Waals surface area contributed by atoms with Crippen molar-refractivity contribution in [1.29, 1.82) is 0 Å². The first-order chi connectivity index (χ1) is 8.99. The molecule has 3 nitrogen and oxygen atoms in total. The van der Waals surface area contributed by atoms with Crippen molar-refractivity contribution in [3.63, 3.8) is 0 Å². The van der Waals surface area contributed by atoms with Crippen LogP contribution in [0, 0.1) is 5.92 Å². The van der Waals surface area contributed by atoms with Crippen LogP contribution in [0.1, 0.15) is 57.9 Å². The second-order valence-corrected chi connectivity index (χ2v) is 6.01. The van der Waals surface area contributed by atoms with Crippen molar-refractivity contribution in [2.45, 2.75) is 58.5 Å². The number of benzene rings is 1. The van der Waals surface area contributed by atoms with Gasteiger partial charge >= 0.3 is 0 Å². The van der Waals surface area contributed by atoms with Crippen molar-refractivity contribution >= 4 is 0 Å². The maximum Gasteiger partial charge on any atom is 0.200 e. The van der Waals surface area contributed by atoms with Crippen molar-refractivity contribution in [1.82, 2.24) is 0 Å². The SMILES string of the molecule is CC1CCC(Oc2c(C(C)C)ccc(O)c2O)CC1. The number of ether oxygens (including phenoxy) is 1. The monoisotopic (exact) mass is 264 g/mol. The van der Waals surface area contributed by atoms with Gasteiger partial charge in [0.15, 0.2) is 11.5 Å². The first kappa shape index (κ1) is 14.0. The van der Waals surface area contributed by atoms with Crippen LogP contribution in [0.15, 0.2) is 12.1 Å². The lowest BCUT2D eigenvalue weighted by Gasteiger charge is -2.28. The van der Waals surface area contributed by atoms with Crippen LogP contribution < -0.4 is 4.74 Å². The Kier molecular flexibility index (Phi) is 4.23. The maximum absolute atomic E-state index is 10.0. The molecule has 0 unspecified atom stereocenters. The van der Waals surface area contributed by atoms with Crippen molar-refractivity contribution < 1.29 is 14.9 Å². The van der Waals surface area contributed by atoms with E-state index in [-0.39, 0.29) is 23.5 Å². The molecule has 19 heavy (non-hydrogen) atoms. The number of hydrogen-bond acceptors (Lipinski definition) is 3. The van der Waals surface area contributed by atoms with E-state index in [9.17, 15) is 10.2 Å². The van der Waals surface area contributed by atoms with Gasteiger partial charge in [-0.25, -0.2) is 0 Å². The largest absolute Gasteiger partial charge is 0.504 e. The molecule has 0 amide bonds. The molecule has 2 rings (SSSR count). The number of hydrogen-bond donors (Lipinski definition) is 2. The van der Waals surface area contributed by atoms with Crippen LogP contribution in [0.25, 0.3) is 0 Å². The third-order valence-corrected chi connectivity index (χ3v) is 4.01. The summed E-state index contributed by atoms with van der Waals surface area (Å²) in [4.78, 5) is 0. The standard InChI is InChI=1S/C16H24O3/c1-10(2)13-8-9-14(17)15(18)16(13)19-12-6-4-11(3)5-7-12/h8-12,17-18H,4-7H2,1-3H3. The first-order valence-electron chi connectivity index (χ1n) is 7.20. The molecule has 1 aromatic rings. The van der Waals surface area contributed by atoms with Gasteiger partial charge in [0.2, 0.25) is 5.75 Å². The lowest BCUT2D eigenvalue weighted by molar-refractivity contribution is 0.129. The molecule has 0 radical (unpaired) electrons. The Bertz CT molecular complexity index is 432. The Morgan fingerprint density at radius 3 is 2.32 bits per heavy atom. The van der Waals surface area contributed by atoms with Crippen molar-refractivity contribution in [2.75, 3.05) is 0 Å². The summed E-state index contributed by atoms with van der Waals surface area (Å²) >= 11 is 0. The molecule has 1 aliphatic carbocycles. The zero-order chi connectivity index (χ0) is 14.0. The molecule has 1 aromatic carbocycles. The van der Waals surface area contributed by atoms with E-state index in [1.54, 1.807) is 0 Å². The third-order valence-electron chi connectivity index (χ3n) is 4.01. The fourth-order valence-corrected chi connectivity index (χ4v) is 2.67. The highest BCUT2D eigenvalue weighted by molar-refractivity contribution is 5.55. The quantitative estimate of drug-likeness (QED) is 0.805. The van der Waals surface area contributed by atoms with Gasteiger partial charge in [-0.05, 0) is 43.6 Å². The van der Waals surface area contributed by atoms with Crippen molar-refractivity contribution in [3.8, 4) is 17.2 Å². The van der Waals surface area contributed by atoms with E-state index in [2.05, 4.69) is 20.8 Å². The zero-order valence-corrected chi connectivity index (χ0v) is 12.0. The Balaban J connectivity index is 2.20. The summed E-state index contributed by atoms with van der Waals surface area (Å²) in [6, 6.07) is 3.36. The fourth-order valence-electron chi connectivity index (χ4n) is 2.67. The molecular weight excluding hydrogens is 240 g/mol.